The van der Waals surface area contributed by atoms with Crippen LogP contribution in [0.2, 0.25) is 5.02 Å². The first-order valence-corrected chi connectivity index (χ1v) is 7.28. The van der Waals surface area contributed by atoms with Crippen LogP contribution in [0.3, 0.4) is 0 Å². The lowest BCUT2D eigenvalue weighted by Gasteiger charge is -2.10. The van der Waals surface area contributed by atoms with Gasteiger partial charge in [0.05, 0.1) is 18.1 Å². The van der Waals surface area contributed by atoms with Gasteiger partial charge < -0.3 is 19.6 Å². The molecule has 6 nitrogen and oxygen atoms in total. The van der Waals surface area contributed by atoms with E-state index < -0.39 is 11.5 Å². The monoisotopic (exact) mass is 345 g/mol. The Kier molecular flexibility index (Phi) is 4.14. The number of aromatic hydroxyl groups is 1. The van der Waals surface area contributed by atoms with Crippen LogP contribution in [0.4, 0.5) is 5.69 Å². The topological polar surface area (TPSA) is 88.8 Å². The zero-order valence-corrected chi connectivity index (χ0v) is 13.3. The maximum Gasteiger partial charge on any atom is 0.364 e. The van der Waals surface area contributed by atoms with Crippen LogP contribution in [0, 0.1) is 0 Å². The van der Waals surface area contributed by atoms with Gasteiger partial charge in [-0.25, -0.2) is 4.79 Å². The average molecular weight is 346 g/mol. The summed E-state index contributed by atoms with van der Waals surface area (Å²) in [6.07, 6.45) is 0. The number of halogens is 1. The van der Waals surface area contributed by atoms with Crippen molar-refractivity contribution in [3.63, 3.8) is 0 Å². The van der Waals surface area contributed by atoms with E-state index in [1.807, 2.05) is 0 Å². The number of fused-ring (bicyclic) bond motifs is 1. The van der Waals surface area contributed by atoms with Crippen molar-refractivity contribution in [3.05, 3.63) is 63.5 Å². The largest absolute Gasteiger partial charge is 0.505 e. The Morgan fingerprint density at radius 3 is 2.75 bits per heavy atom. The first-order chi connectivity index (χ1) is 11.5. The van der Waals surface area contributed by atoms with Gasteiger partial charge >= 0.3 is 5.63 Å². The highest BCUT2D eigenvalue weighted by Gasteiger charge is 2.19. The number of amides is 1. The predicted molar refractivity (Wildman–Crippen MR) is 90.1 cm³/mol. The van der Waals surface area contributed by atoms with Gasteiger partial charge in [0.1, 0.15) is 11.3 Å². The van der Waals surface area contributed by atoms with E-state index in [-0.39, 0.29) is 28.3 Å². The van der Waals surface area contributed by atoms with Gasteiger partial charge in [-0.1, -0.05) is 23.7 Å². The standard InChI is InChI=1S/C17H12ClNO5/c1-23-12-7-6-9(18)8-11(12)16(21)19-14-15(20)10-4-2-3-5-13(10)24-17(14)22/h2-8,20H,1H3,(H,19,21). The van der Waals surface area contributed by atoms with Gasteiger partial charge in [-0.3, -0.25) is 4.79 Å². The summed E-state index contributed by atoms with van der Waals surface area (Å²) in [5, 5.41) is 13.3. The third-order valence-electron chi connectivity index (χ3n) is 3.43. The molecular weight excluding hydrogens is 334 g/mol. The fourth-order valence-electron chi connectivity index (χ4n) is 2.28. The van der Waals surface area contributed by atoms with Crippen LogP contribution in [-0.4, -0.2) is 18.1 Å². The third-order valence-corrected chi connectivity index (χ3v) is 3.67. The lowest BCUT2D eigenvalue weighted by atomic mass is 10.1. The van der Waals surface area contributed by atoms with E-state index in [2.05, 4.69) is 5.32 Å². The Bertz CT molecular complexity index is 996. The number of rotatable bonds is 3. The van der Waals surface area contributed by atoms with Crippen LogP contribution in [0.15, 0.2) is 51.7 Å². The highest BCUT2D eigenvalue weighted by Crippen LogP contribution is 2.30. The summed E-state index contributed by atoms with van der Waals surface area (Å²) < 4.78 is 10.2. The third kappa shape index (κ3) is 2.79. The van der Waals surface area contributed by atoms with E-state index in [4.69, 9.17) is 20.8 Å². The average Bonchev–Trinajstić information content (AvgIpc) is 2.58. The number of ether oxygens (including phenoxy) is 1. The van der Waals surface area contributed by atoms with Crippen molar-refractivity contribution >= 4 is 34.2 Å². The van der Waals surface area contributed by atoms with E-state index in [0.29, 0.717) is 10.4 Å². The molecule has 0 saturated heterocycles. The van der Waals surface area contributed by atoms with Crippen LogP contribution >= 0.6 is 11.6 Å². The molecule has 1 heterocycles. The van der Waals surface area contributed by atoms with Crippen molar-refractivity contribution in [3.8, 4) is 11.5 Å². The quantitative estimate of drug-likeness (QED) is 0.710. The number of methoxy groups -OCH3 is 1. The molecule has 122 valence electrons. The van der Waals surface area contributed by atoms with Crippen molar-refractivity contribution in [2.24, 2.45) is 0 Å². The molecule has 0 atom stereocenters. The van der Waals surface area contributed by atoms with Crippen LogP contribution in [-0.2, 0) is 0 Å². The fraction of sp³-hybridized carbons (Fsp3) is 0.0588. The number of hydrogen-bond donors (Lipinski definition) is 2. The number of hydrogen-bond acceptors (Lipinski definition) is 5. The molecule has 0 fully saturated rings. The molecule has 3 aromatic rings. The summed E-state index contributed by atoms with van der Waals surface area (Å²) in [6.45, 7) is 0. The van der Waals surface area contributed by atoms with Crippen LogP contribution in [0.25, 0.3) is 11.0 Å². The fourth-order valence-corrected chi connectivity index (χ4v) is 2.45. The number of para-hydroxylation sites is 1. The second-order valence-electron chi connectivity index (χ2n) is 4.91. The van der Waals surface area contributed by atoms with E-state index in [1.54, 1.807) is 30.3 Å². The molecule has 24 heavy (non-hydrogen) atoms. The van der Waals surface area contributed by atoms with Gasteiger partial charge in [0.25, 0.3) is 5.91 Å². The summed E-state index contributed by atoms with van der Waals surface area (Å²) in [5.41, 5.74) is -0.864. The van der Waals surface area contributed by atoms with Gasteiger partial charge in [-0.15, -0.1) is 0 Å². The molecule has 0 aliphatic heterocycles. The van der Waals surface area contributed by atoms with Crippen LogP contribution in [0.1, 0.15) is 10.4 Å². The number of carbonyl (C=O) groups is 1. The van der Waals surface area contributed by atoms with Crippen molar-refractivity contribution in [2.45, 2.75) is 0 Å². The highest BCUT2D eigenvalue weighted by molar-refractivity contribution is 6.31. The van der Waals surface area contributed by atoms with Crippen LogP contribution in [0.5, 0.6) is 11.5 Å². The summed E-state index contributed by atoms with van der Waals surface area (Å²) in [4.78, 5) is 24.5. The van der Waals surface area contributed by atoms with E-state index in [0.717, 1.165) is 0 Å². The van der Waals surface area contributed by atoms with Gasteiger partial charge in [-0.05, 0) is 30.3 Å². The van der Waals surface area contributed by atoms with E-state index in [1.165, 1.54) is 19.2 Å². The molecule has 0 unspecified atom stereocenters. The number of benzene rings is 2. The molecule has 1 amide bonds. The van der Waals surface area contributed by atoms with Crippen molar-refractivity contribution in [2.75, 3.05) is 12.4 Å². The number of anilines is 1. The Morgan fingerprint density at radius 1 is 1.25 bits per heavy atom. The second-order valence-corrected chi connectivity index (χ2v) is 5.34. The van der Waals surface area contributed by atoms with Gasteiger partial charge in [0.15, 0.2) is 11.4 Å². The van der Waals surface area contributed by atoms with E-state index in [9.17, 15) is 14.7 Å². The minimum Gasteiger partial charge on any atom is -0.505 e. The molecule has 0 aliphatic carbocycles. The van der Waals surface area contributed by atoms with Gasteiger partial charge in [0.2, 0.25) is 0 Å². The molecule has 2 N–H and O–H groups in total. The van der Waals surface area contributed by atoms with Gasteiger partial charge in [0, 0.05) is 5.02 Å². The predicted octanol–water partition coefficient (Wildman–Crippen LogP) is 3.41. The lowest BCUT2D eigenvalue weighted by molar-refractivity contribution is 0.102. The Hall–Kier alpha value is -2.99. The highest BCUT2D eigenvalue weighted by atomic mass is 35.5. The molecule has 2 aromatic carbocycles. The first-order valence-electron chi connectivity index (χ1n) is 6.91. The molecule has 1 aromatic heterocycles. The first kappa shape index (κ1) is 15.9. The van der Waals surface area contributed by atoms with Gasteiger partial charge in [-0.2, -0.15) is 0 Å². The second kappa shape index (κ2) is 6.25. The molecule has 7 heteroatoms. The Labute approximate surface area is 141 Å². The molecule has 0 radical (unpaired) electrons. The molecule has 0 saturated carbocycles. The summed E-state index contributed by atoms with van der Waals surface area (Å²) in [5.74, 6) is -0.745. The smallest absolute Gasteiger partial charge is 0.364 e. The molecule has 0 bridgehead atoms. The summed E-state index contributed by atoms with van der Waals surface area (Å²) >= 11 is 5.90. The Balaban J connectivity index is 2.06. The van der Waals surface area contributed by atoms with Crippen molar-refractivity contribution in [1.29, 1.82) is 0 Å². The molecule has 3 rings (SSSR count). The maximum absolute atomic E-state index is 12.4. The lowest BCUT2D eigenvalue weighted by Crippen LogP contribution is -2.18. The SMILES string of the molecule is COc1ccc(Cl)cc1C(=O)Nc1c(O)c2ccccc2oc1=O. The Morgan fingerprint density at radius 2 is 2.00 bits per heavy atom. The van der Waals surface area contributed by atoms with Crippen molar-refractivity contribution < 1.29 is 19.1 Å². The molecule has 0 aliphatic rings. The zero-order chi connectivity index (χ0) is 17.3. The molecular formula is C17H12ClNO5. The minimum atomic E-state index is -0.861. The number of carbonyl (C=O) groups excluding carboxylic acids is 1. The summed E-state index contributed by atoms with van der Waals surface area (Å²) in [7, 11) is 1.40. The van der Waals surface area contributed by atoms with Crippen molar-refractivity contribution in [1.82, 2.24) is 0 Å². The maximum atomic E-state index is 12.4. The van der Waals surface area contributed by atoms with E-state index >= 15 is 0 Å². The summed E-state index contributed by atoms with van der Waals surface area (Å²) in [6, 6.07) is 11.0. The normalized spacial score (nSPS) is 10.6. The molecule has 0 spiro atoms. The zero-order valence-electron chi connectivity index (χ0n) is 12.5. The van der Waals surface area contributed by atoms with Crippen LogP contribution < -0.4 is 15.7 Å². The minimum absolute atomic E-state index is 0.122. The number of nitrogens with one attached hydrogen (secondary N) is 1.